The second-order valence-electron chi connectivity index (χ2n) is 8.37. The largest absolute Gasteiger partial charge is 0.494 e. The molecule has 0 aromatic heterocycles. The number of nitrogens with zero attached hydrogens (tertiary/aromatic N) is 1. The number of anilines is 2. The molecule has 0 radical (unpaired) electrons. The van der Waals surface area contributed by atoms with Gasteiger partial charge in [0.15, 0.2) is 0 Å². The summed E-state index contributed by atoms with van der Waals surface area (Å²) in [6, 6.07) is 19.0. The molecule has 0 saturated carbocycles. The molecule has 1 aliphatic heterocycles. The van der Waals surface area contributed by atoms with Gasteiger partial charge in [-0.25, -0.2) is 4.90 Å². The summed E-state index contributed by atoms with van der Waals surface area (Å²) in [5.74, 6) is -0.0110. The van der Waals surface area contributed by atoms with Crippen molar-refractivity contribution in [3.05, 3.63) is 94.2 Å². The molecule has 0 unspecified atom stereocenters. The first-order valence-corrected chi connectivity index (χ1v) is 11.1. The standard InChI is InChI=1S/C28H28N2O3/c1-6-33-23-9-7-8-22(16-23)29-26-25(21-13-12-18(3)20(5)15-21)27(31)30(28(26)32)24-14-17(2)10-11-19(24)4/h7-16,29H,6H2,1-5H3. The number of rotatable bonds is 6. The number of carbonyl (C=O) groups is 2. The maximum Gasteiger partial charge on any atom is 0.282 e. The number of hydrogen-bond donors (Lipinski definition) is 1. The third-order valence-corrected chi connectivity index (χ3v) is 5.90. The van der Waals surface area contributed by atoms with Crippen molar-refractivity contribution < 1.29 is 14.3 Å². The highest BCUT2D eigenvalue weighted by atomic mass is 16.5. The first-order chi connectivity index (χ1) is 15.8. The number of amides is 2. The molecule has 0 atom stereocenters. The van der Waals surface area contributed by atoms with Gasteiger partial charge in [-0.3, -0.25) is 9.59 Å². The van der Waals surface area contributed by atoms with Gasteiger partial charge in [-0.2, -0.15) is 0 Å². The minimum atomic E-state index is -0.372. The van der Waals surface area contributed by atoms with Crippen molar-refractivity contribution in [1.29, 1.82) is 0 Å². The molecular formula is C28H28N2O3. The molecule has 5 nitrogen and oxygen atoms in total. The smallest absolute Gasteiger partial charge is 0.282 e. The summed E-state index contributed by atoms with van der Waals surface area (Å²) >= 11 is 0. The maximum atomic E-state index is 13.7. The van der Waals surface area contributed by atoms with Gasteiger partial charge in [-0.05, 0) is 80.6 Å². The monoisotopic (exact) mass is 440 g/mol. The van der Waals surface area contributed by atoms with E-state index in [1.54, 1.807) is 0 Å². The lowest BCUT2D eigenvalue weighted by Crippen LogP contribution is -2.33. The summed E-state index contributed by atoms with van der Waals surface area (Å²) in [4.78, 5) is 28.7. The molecule has 0 bridgehead atoms. The average Bonchev–Trinajstić information content (AvgIpc) is 3.02. The summed E-state index contributed by atoms with van der Waals surface area (Å²) in [6.45, 7) is 10.3. The van der Waals surface area contributed by atoms with E-state index in [0.29, 0.717) is 34.9 Å². The highest BCUT2D eigenvalue weighted by molar-refractivity contribution is 6.46. The van der Waals surface area contributed by atoms with Crippen LogP contribution in [0, 0.1) is 27.7 Å². The minimum absolute atomic E-state index is 0.262. The number of hydrogen-bond acceptors (Lipinski definition) is 4. The van der Waals surface area contributed by atoms with Crippen LogP contribution < -0.4 is 15.0 Å². The number of benzene rings is 3. The first kappa shape index (κ1) is 22.3. The molecule has 0 aliphatic carbocycles. The van der Waals surface area contributed by atoms with Crippen molar-refractivity contribution in [3.8, 4) is 5.75 Å². The Kier molecular flexibility index (Phi) is 6.05. The molecule has 1 N–H and O–H groups in total. The zero-order chi connectivity index (χ0) is 23.7. The number of carbonyl (C=O) groups excluding carboxylic acids is 2. The van der Waals surface area contributed by atoms with Crippen molar-refractivity contribution in [3.63, 3.8) is 0 Å². The van der Waals surface area contributed by atoms with E-state index in [1.165, 1.54) is 4.90 Å². The van der Waals surface area contributed by atoms with Gasteiger partial charge >= 0.3 is 0 Å². The number of aryl methyl sites for hydroxylation is 4. The van der Waals surface area contributed by atoms with Gasteiger partial charge < -0.3 is 10.1 Å². The fourth-order valence-electron chi connectivity index (χ4n) is 3.96. The number of nitrogens with one attached hydrogen (secondary N) is 1. The van der Waals surface area contributed by atoms with Crippen LogP contribution in [-0.2, 0) is 9.59 Å². The number of imide groups is 1. The fraction of sp³-hybridized carbons (Fsp3) is 0.214. The van der Waals surface area contributed by atoms with E-state index in [2.05, 4.69) is 5.32 Å². The van der Waals surface area contributed by atoms with Crippen LogP contribution >= 0.6 is 0 Å². The van der Waals surface area contributed by atoms with Crippen LogP contribution in [0.25, 0.3) is 5.57 Å². The van der Waals surface area contributed by atoms with E-state index in [0.717, 1.165) is 22.3 Å². The molecule has 0 saturated heterocycles. The molecule has 1 heterocycles. The normalized spacial score (nSPS) is 13.7. The second-order valence-corrected chi connectivity index (χ2v) is 8.37. The average molecular weight is 441 g/mol. The molecule has 1 aliphatic rings. The Hall–Kier alpha value is -3.86. The molecule has 168 valence electrons. The molecule has 33 heavy (non-hydrogen) atoms. The molecule has 0 fully saturated rings. The predicted molar refractivity (Wildman–Crippen MR) is 132 cm³/mol. The van der Waals surface area contributed by atoms with Crippen LogP contribution in [-0.4, -0.2) is 18.4 Å². The summed E-state index contributed by atoms with van der Waals surface area (Å²) in [5.41, 5.74) is 6.66. The Balaban J connectivity index is 1.85. The lowest BCUT2D eigenvalue weighted by Gasteiger charge is -2.18. The van der Waals surface area contributed by atoms with Gasteiger partial charge in [0.05, 0.1) is 17.9 Å². The van der Waals surface area contributed by atoms with E-state index >= 15 is 0 Å². The highest BCUT2D eigenvalue weighted by Gasteiger charge is 2.41. The van der Waals surface area contributed by atoms with Gasteiger partial charge in [-0.1, -0.05) is 36.4 Å². The van der Waals surface area contributed by atoms with Crippen LogP contribution in [0.15, 0.2) is 66.4 Å². The van der Waals surface area contributed by atoms with Gasteiger partial charge in [0, 0.05) is 11.8 Å². The lowest BCUT2D eigenvalue weighted by atomic mass is 9.99. The van der Waals surface area contributed by atoms with E-state index < -0.39 is 0 Å². The van der Waals surface area contributed by atoms with Crippen LogP contribution in [0.3, 0.4) is 0 Å². The third kappa shape index (κ3) is 4.27. The highest BCUT2D eigenvalue weighted by Crippen LogP contribution is 2.36. The molecule has 2 amide bonds. The number of ether oxygens (including phenoxy) is 1. The summed E-state index contributed by atoms with van der Waals surface area (Å²) < 4.78 is 5.60. The quantitative estimate of drug-likeness (QED) is 0.499. The second kappa shape index (κ2) is 8.94. The molecule has 3 aromatic carbocycles. The van der Waals surface area contributed by atoms with E-state index in [4.69, 9.17) is 4.74 Å². The van der Waals surface area contributed by atoms with Crippen molar-refractivity contribution >= 4 is 28.8 Å². The predicted octanol–water partition coefficient (Wildman–Crippen LogP) is 5.72. The molecule has 5 heteroatoms. The van der Waals surface area contributed by atoms with Crippen LogP contribution in [0.4, 0.5) is 11.4 Å². The molecule has 0 spiro atoms. The van der Waals surface area contributed by atoms with Gasteiger partial charge in [-0.15, -0.1) is 0 Å². The van der Waals surface area contributed by atoms with E-state index in [1.807, 2.05) is 95.3 Å². The van der Waals surface area contributed by atoms with Crippen molar-refractivity contribution in [2.24, 2.45) is 0 Å². The minimum Gasteiger partial charge on any atom is -0.494 e. The van der Waals surface area contributed by atoms with E-state index in [-0.39, 0.29) is 17.5 Å². The van der Waals surface area contributed by atoms with Crippen LogP contribution in [0.5, 0.6) is 5.75 Å². The molecule has 4 rings (SSSR count). The first-order valence-electron chi connectivity index (χ1n) is 11.1. The SMILES string of the molecule is CCOc1cccc(NC2=C(c3ccc(C)c(C)c3)C(=O)N(c3cc(C)ccc3C)C2=O)c1. The van der Waals surface area contributed by atoms with Gasteiger partial charge in [0.1, 0.15) is 11.4 Å². The third-order valence-electron chi connectivity index (χ3n) is 5.90. The molecule has 3 aromatic rings. The summed E-state index contributed by atoms with van der Waals surface area (Å²) in [5, 5.41) is 3.22. The zero-order valence-electron chi connectivity index (χ0n) is 19.7. The Bertz CT molecular complexity index is 1290. The fourth-order valence-corrected chi connectivity index (χ4v) is 3.96. The van der Waals surface area contributed by atoms with Crippen LogP contribution in [0.1, 0.15) is 34.7 Å². The maximum absolute atomic E-state index is 13.7. The summed E-state index contributed by atoms with van der Waals surface area (Å²) in [7, 11) is 0. The Labute approximate surface area is 194 Å². The van der Waals surface area contributed by atoms with Crippen molar-refractivity contribution in [2.75, 3.05) is 16.8 Å². The van der Waals surface area contributed by atoms with Gasteiger partial charge in [0.2, 0.25) is 0 Å². The van der Waals surface area contributed by atoms with Crippen molar-refractivity contribution in [1.82, 2.24) is 0 Å². The topological polar surface area (TPSA) is 58.6 Å². The van der Waals surface area contributed by atoms with Crippen molar-refractivity contribution in [2.45, 2.75) is 34.6 Å². The molecular weight excluding hydrogens is 412 g/mol. The van der Waals surface area contributed by atoms with Gasteiger partial charge in [0.25, 0.3) is 11.8 Å². The Morgan fingerprint density at radius 1 is 0.818 bits per heavy atom. The Morgan fingerprint density at radius 2 is 1.58 bits per heavy atom. The Morgan fingerprint density at radius 3 is 2.30 bits per heavy atom. The summed E-state index contributed by atoms with van der Waals surface area (Å²) in [6.07, 6.45) is 0. The zero-order valence-corrected chi connectivity index (χ0v) is 19.7. The lowest BCUT2D eigenvalue weighted by molar-refractivity contribution is -0.120. The van der Waals surface area contributed by atoms with E-state index in [9.17, 15) is 9.59 Å². The van der Waals surface area contributed by atoms with Crippen LogP contribution in [0.2, 0.25) is 0 Å².